The molecular weight excluding hydrogens is 233 g/mol. The first kappa shape index (κ1) is 17.4. The highest BCUT2D eigenvalue weighted by Crippen LogP contribution is 2.29. The van der Waals surface area contributed by atoms with Gasteiger partial charge in [0.05, 0.1) is 0 Å². The summed E-state index contributed by atoms with van der Waals surface area (Å²) < 4.78 is 0. The number of rotatable bonds is 6. The van der Waals surface area contributed by atoms with Crippen molar-refractivity contribution in [2.45, 2.75) is 58.9 Å². The zero-order valence-corrected chi connectivity index (χ0v) is 11.7. The molecule has 0 aliphatic heterocycles. The van der Waals surface area contributed by atoms with Gasteiger partial charge in [-0.1, -0.05) is 27.7 Å². The lowest BCUT2D eigenvalue weighted by atomic mass is 9.88. The van der Waals surface area contributed by atoms with E-state index in [2.05, 4.69) is 27.7 Å². The van der Waals surface area contributed by atoms with Crippen molar-refractivity contribution in [3.05, 3.63) is 0 Å². The van der Waals surface area contributed by atoms with Gasteiger partial charge in [0.1, 0.15) is 0 Å². The fraction of sp³-hybridized carbons (Fsp3) is 0.909. The molecule has 2 nitrogen and oxygen atoms in total. The van der Waals surface area contributed by atoms with Crippen molar-refractivity contribution >= 4 is 29.4 Å². The molecule has 0 aliphatic carbocycles. The van der Waals surface area contributed by atoms with E-state index in [0.29, 0.717) is 0 Å². The molecule has 0 radical (unpaired) electrons. The van der Waals surface area contributed by atoms with Crippen LogP contribution in [0.3, 0.4) is 0 Å². The van der Waals surface area contributed by atoms with E-state index >= 15 is 0 Å². The largest absolute Gasteiger partial charge is 0.324 e. The van der Waals surface area contributed by atoms with Crippen molar-refractivity contribution in [3.8, 4) is 0 Å². The lowest BCUT2D eigenvalue weighted by molar-refractivity contribution is 0.115. The SMILES string of the molecule is CCCN(C(=O)Cl)C(CC)(CC)CC.Cl. The summed E-state index contributed by atoms with van der Waals surface area (Å²) >= 11 is 5.63. The standard InChI is InChI=1S/C11H22ClNO.ClH/c1-5-9-13(10(12)14)11(6-2,7-3)8-4;/h5-9H2,1-4H3;1H. The summed E-state index contributed by atoms with van der Waals surface area (Å²) in [5.74, 6) is 0. The molecule has 1 amide bonds. The highest BCUT2D eigenvalue weighted by atomic mass is 35.5. The van der Waals surface area contributed by atoms with Crippen LogP contribution in [-0.4, -0.2) is 22.3 Å². The highest BCUT2D eigenvalue weighted by Gasteiger charge is 2.33. The molecular formula is C11H23Cl2NO. The molecule has 0 atom stereocenters. The quantitative estimate of drug-likeness (QED) is 0.508. The third-order valence-electron chi connectivity index (χ3n) is 3.21. The van der Waals surface area contributed by atoms with Gasteiger partial charge in [0, 0.05) is 12.1 Å². The Morgan fingerprint density at radius 2 is 1.53 bits per heavy atom. The van der Waals surface area contributed by atoms with Crippen molar-refractivity contribution < 1.29 is 4.79 Å². The molecule has 15 heavy (non-hydrogen) atoms. The van der Waals surface area contributed by atoms with Gasteiger partial charge in [0.2, 0.25) is 0 Å². The average molecular weight is 256 g/mol. The molecule has 0 saturated heterocycles. The minimum absolute atomic E-state index is 0. The molecule has 0 rings (SSSR count). The maximum absolute atomic E-state index is 11.3. The Labute approximate surface area is 105 Å². The average Bonchev–Trinajstić information content (AvgIpc) is 2.19. The smallest absolute Gasteiger partial charge is 0.316 e. The second kappa shape index (κ2) is 8.23. The summed E-state index contributed by atoms with van der Waals surface area (Å²) in [5, 5.41) is -0.308. The van der Waals surface area contributed by atoms with Crippen LogP contribution < -0.4 is 0 Å². The molecule has 0 N–H and O–H groups in total. The van der Waals surface area contributed by atoms with Crippen LogP contribution in [0.25, 0.3) is 0 Å². The fourth-order valence-corrected chi connectivity index (χ4v) is 2.32. The minimum Gasteiger partial charge on any atom is -0.324 e. The van der Waals surface area contributed by atoms with Crippen LogP contribution in [0.15, 0.2) is 0 Å². The van der Waals surface area contributed by atoms with E-state index < -0.39 is 0 Å². The Bertz CT molecular complexity index is 173. The fourth-order valence-electron chi connectivity index (χ4n) is 2.06. The van der Waals surface area contributed by atoms with Crippen molar-refractivity contribution in [2.24, 2.45) is 0 Å². The first-order chi connectivity index (χ1) is 6.57. The number of hydrogen-bond acceptors (Lipinski definition) is 1. The van der Waals surface area contributed by atoms with Crippen LogP contribution >= 0.6 is 24.0 Å². The Morgan fingerprint density at radius 3 is 1.73 bits per heavy atom. The molecule has 0 aliphatic rings. The van der Waals surface area contributed by atoms with Gasteiger partial charge in [-0.3, -0.25) is 4.79 Å². The summed E-state index contributed by atoms with van der Waals surface area (Å²) in [5.41, 5.74) is -0.0329. The predicted molar refractivity (Wildman–Crippen MR) is 69.1 cm³/mol. The van der Waals surface area contributed by atoms with Crippen molar-refractivity contribution in [1.82, 2.24) is 4.90 Å². The molecule has 0 heterocycles. The minimum atomic E-state index is -0.308. The predicted octanol–water partition coefficient (Wildman–Crippen LogP) is 4.45. The Hall–Kier alpha value is 0.0500. The van der Waals surface area contributed by atoms with Crippen molar-refractivity contribution in [2.75, 3.05) is 6.54 Å². The normalized spacial score (nSPS) is 10.7. The van der Waals surface area contributed by atoms with E-state index in [-0.39, 0.29) is 23.3 Å². The van der Waals surface area contributed by atoms with Crippen LogP contribution in [0.4, 0.5) is 4.79 Å². The number of nitrogens with zero attached hydrogens (tertiary/aromatic N) is 1. The van der Waals surface area contributed by atoms with Gasteiger partial charge in [-0.15, -0.1) is 12.4 Å². The van der Waals surface area contributed by atoms with Crippen molar-refractivity contribution in [3.63, 3.8) is 0 Å². The highest BCUT2D eigenvalue weighted by molar-refractivity contribution is 6.62. The van der Waals surface area contributed by atoms with Gasteiger partial charge in [0.25, 0.3) is 0 Å². The van der Waals surface area contributed by atoms with Gasteiger partial charge >= 0.3 is 5.37 Å². The van der Waals surface area contributed by atoms with Gasteiger partial charge in [-0.2, -0.15) is 0 Å². The van der Waals surface area contributed by atoms with Crippen molar-refractivity contribution in [1.29, 1.82) is 0 Å². The van der Waals surface area contributed by atoms with E-state index in [9.17, 15) is 4.79 Å². The number of carbonyl (C=O) groups is 1. The van der Waals surface area contributed by atoms with E-state index in [1.165, 1.54) is 0 Å². The van der Waals surface area contributed by atoms with Gasteiger partial charge in [-0.05, 0) is 37.3 Å². The first-order valence-electron chi connectivity index (χ1n) is 5.55. The molecule has 0 fully saturated rings. The number of hydrogen-bond donors (Lipinski definition) is 0. The molecule has 92 valence electrons. The van der Waals surface area contributed by atoms with Crippen LogP contribution in [-0.2, 0) is 0 Å². The lowest BCUT2D eigenvalue weighted by Crippen LogP contribution is -2.49. The number of amides is 1. The summed E-state index contributed by atoms with van der Waals surface area (Å²) in [4.78, 5) is 13.2. The number of halogens is 2. The van der Waals surface area contributed by atoms with Crippen LogP contribution in [0.1, 0.15) is 53.4 Å². The lowest BCUT2D eigenvalue weighted by Gasteiger charge is -2.41. The van der Waals surface area contributed by atoms with Crippen LogP contribution in [0.5, 0.6) is 0 Å². The zero-order chi connectivity index (χ0) is 11.2. The third-order valence-corrected chi connectivity index (χ3v) is 3.41. The molecule has 0 spiro atoms. The summed E-state index contributed by atoms with van der Waals surface area (Å²) in [7, 11) is 0. The molecule has 0 aromatic carbocycles. The monoisotopic (exact) mass is 255 g/mol. The molecule has 0 saturated carbocycles. The molecule has 0 bridgehead atoms. The molecule has 0 unspecified atom stereocenters. The van der Waals surface area contributed by atoms with Gasteiger partial charge < -0.3 is 4.90 Å². The molecule has 4 heteroatoms. The third kappa shape index (κ3) is 4.20. The maximum Gasteiger partial charge on any atom is 0.316 e. The molecule has 0 aromatic rings. The Morgan fingerprint density at radius 1 is 1.13 bits per heavy atom. The second-order valence-corrected chi connectivity index (χ2v) is 4.01. The summed E-state index contributed by atoms with van der Waals surface area (Å²) in [6.45, 7) is 9.19. The second-order valence-electron chi connectivity index (χ2n) is 3.69. The van der Waals surface area contributed by atoms with E-state index in [1.54, 1.807) is 0 Å². The topological polar surface area (TPSA) is 20.3 Å². The maximum atomic E-state index is 11.3. The van der Waals surface area contributed by atoms with Crippen LogP contribution in [0, 0.1) is 0 Å². The van der Waals surface area contributed by atoms with E-state index in [4.69, 9.17) is 11.6 Å². The van der Waals surface area contributed by atoms with Gasteiger partial charge in [-0.25, -0.2) is 0 Å². The Balaban J connectivity index is 0. The molecule has 0 aromatic heterocycles. The zero-order valence-electron chi connectivity index (χ0n) is 10.2. The summed E-state index contributed by atoms with van der Waals surface area (Å²) in [6, 6.07) is 0. The number of carbonyl (C=O) groups excluding carboxylic acids is 1. The van der Waals surface area contributed by atoms with E-state index in [1.807, 2.05) is 4.90 Å². The Kier molecular flexibility index (Phi) is 9.57. The van der Waals surface area contributed by atoms with Gasteiger partial charge in [0.15, 0.2) is 0 Å². The van der Waals surface area contributed by atoms with E-state index in [0.717, 1.165) is 32.2 Å². The van der Waals surface area contributed by atoms with Crippen LogP contribution in [0.2, 0.25) is 0 Å². The summed E-state index contributed by atoms with van der Waals surface area (Å²) in [6.07, 6.45) is 3.87. The first-order valence-corrected chi connectivity index (χ1v) is 5.92.